The lowest BCUT2D eigenvalue weighted by molar-refractivity contribution is 0.0952. The molecule has 1 amide bonds. The number of halogens is 1. The smallest absolute Gasteiger partial charge is 0.252 e. The molecule has 0 saturated carbocycles. The molecular weight excluding hydrogens is 357 g/mol. The number of carbonyl (C=O) groups excluding carboxylic acids is 1. The van der Waals surface area contributed by atoms with Gasteiger partial charge in [-0.1, -0.05) is 12.8 Å². The number of pyridine rings is 1. The van der Waals surface area contributed by atoms with Crippen molar-refractivity contribution in [1.82, 2.24) is 15.2 Å². The first-order valence-electron chi connectivity index (χ1n) is 6.64. The molecule has 0 aliphatic heterocycles. The summed E-state index contributed by atoms with van der Waals surface area (Å²) < 4.78 is 0.898. The van der Waals surface area contributed by atoms with E-state index in [1.54, 1.807) is 12.3 Å². The first-order chi connectivity index (χ1) is 9.09. The van der Waals surface area contributed by atoms with Crippen molar-refractivity contribution in [3.63, 3.8) is 0 Å². The number of nitrogens with one attached hydrogen (secondary N) is 1. The zero-order valence-electron chi connectivity index (χ0n) is 11.7. The molecule has 0 radical (unpaired) electrons. The molecule has 19 heavy (non-hydrogen) atoms. The fourth-order valence-electron chi connectivity index (χ4n) is 1.72. The van der Waals surface area contributed by atoms with E-state index in [1.165, 1.54) is 19.3 Å². The van der Waals surface area contributed by atoms with Gasteiger partial charge in [0.25, 0.3) is 5.91 Å². The third-order valence-electron chi connectivity index (χ3n) is 2.81. The SMILES string of the molecule is CN(C)CCCCCCNC(=O)c1ccc([131I])nc1. The summed E-state index contributed by atoms with van der Waals surface area (Å²) in [5, 5.41) is 2.93. The molecule has 0 bridgehead atoms. The summed E-state index contributed by atoms with van der Waals surface area (Å²) >= 11 is 2.13. The van der Waals surface area contributed by atoms with Gasteiger partial charge in [-0.2, -0.15) is 0 Å². The average molecular weight is 379 g/mol. The number of rotatable bonds is 8. The van der Waals surface area contributed by atoms with E-state index in [1.807, 2.05) is 6.07 Å². The maximum atomic E-state index is 11.8. The van der Waals surface area contributed by atoms with Crippen LogP contribution in [0.25, 0.3) is 0 Å². The largest absolute Gasteiger partial charge is 0.352 e. The summed E-state index contributed by atoms with van der Waals surface area (Å²) in [4.78, 5) is 18.1. The molecule has 0 atom stereocenters. The highest BCUT2D eigenvalue weighted by atomic mass is 131. The quantitative estimate of drug-likeness (QED) is 0.429. The van der Waals surface area contributed by atoms with Gasteiger partial charge >= 0.3 is 0 Å². The lowest BCUT2D eigenvalue weighted by atomic mass is 10.2. The van der Waals surface area contributed by atoms with Crippen LogP contribution in [0.3, 0.4) is 0 Å². The van der Waals surface area contributed by atoms with Gasteiger partial charge in [0.1, 0.15) is 3.70 Å². The van der Waals surface area contributed by atoms with Gasteiger partial charge in [-0.25, -0.2) is 4.98 Å². The molecule has 1 N–H and O–H groups in total. The van der Waals surface area contributed by atoms with E-state index in [0.717, 1.165) is 23.2 Å². The number of hydrogen-bond donors (Lipinski definition) is 1. The predicted molar refractivity (Wildman–Crippen MR) is 86.3 cm³/mol. The normalized spacial score (nSPS) is 10.7. The van der Waals surface area contributed by atoms with Gasteiger partial charge in [0.2, 0.25) is 0 Å². The van der Waals surface area contributed by atoms with E-state index in [0.29, 0.717) is 5.56 Å². The third kappa shape index (κ3) is 7.47. The van der Waals surface area contributed by atoms with Gasteiger partial charge in [0.05, 0.1) is 5.56 Å². The highest BCUT2D eigenvalue weighted by Gasteiger charge is 2.04. The molecule has 0 aromatic carbocycles. The van der Waals surface area contributed by atoms with Crippen LogP contribution in [0.2, 0.25) is 0 Å². The Balaban J connectivity index is 2.09. The molecule has 106 valence electrons. The Kier molecular flexibility index (Phi) is 7.97. The van der Waals surface area contributed by atoms with E-state index in [9.17, 15) is 4.79 Å². The molecule has 1 aromatic rings. The van der Waals surface area contributed by atoms with Crippen LogP contribution in [0.5, 0.6) is 0 Å². The van der Waals surface area contributed by atoms with Crippen molar-refractivity contribution in [3.05, 3.63) is 27.6 Å². The van der Waals surface area contributed by atoms with Crippen LogP contribution < -0.4 is 5.32 Å². The molecule has 0 saturated heterocycles. The minimum atomic E-state index is -0.0304. The Morgan fingerprint density at radius 1 is 1.26 bits per heavy atom. The van der Waals surface area contributed by atoms with Gasteiger partial charge < -0.3 is 10.2 Å². The lowest BCUT2D eigenvalue weighted by Gasteiger charge is -2.09. The number of carbonyl (C=O) groups is 1. The van der Waals surface area contributed by atoms with E-state index in [2.05, 4.69) is 51.9 Å². The summed E-state index contributed by atoms with van der Waals surface area (Å²) in [7, 11) is 4.19. The maximum Gasteiger partial charge on any atom is 0.252 e. The van der Waals surface area contributed by atoms with Crippen LogP contribution in [0.15, 0.2) is 18.3 Å². The standard InChI is InChI=1S/C14H22IN3O/c1-18(2)10-6-4-3-5-9-16-14(19)12-7-8-13(15)17-11-12/h7-8,11H,3-6,9-10H2,1-2H3,(H,16,19)/i15+4. The molecule has 0 aliphatic rings. The Hall–Kier alpha value is -0.690. The molecule has 0 aliphatic carbocycles. The molecule has 5 heteroatoms. The first-order valence-corrected chi connectivity index (χ1v) is 7.72. The van der Waals surface area contributed by atoms with Gasteiger partial charge in [-0.15, -0.1) is 0 Å². The molecule has 1 aromatic heterocycles. The monoisotopic (exact) mass is 379 g/mol. The van der Waals surface area contributed by atoms with Gasteiger partial charge in [0.15, 0.2) is 0 Å². The van der Waals surface area contributed by atoms with Crippen molar-refractivity contribution < 1.29 is 4.79 Å². The zero-order chi connectivity index (χ0) is 14.1. The molecule has 1 rings (SSSR count). The number of unbranched alkanes of at least 4 members (excludes halogenated alkanes) is 3. The fraction of sp³-hybridized carbons (Fsp3) is 0.571. The van der Waals surface area contributed by atoms with E-state index in [4.69, 9.17) is 0 Å². The highest BCUT2D eigenvalue weighted by Crippen LogP contribution is 2.03. The minimum absolute atomic E-state index is 0.0304. The van der Waals surface area contributed by atoms with Gasteiger partial charge in [-0.05, 0) is 68.2 Å². The van der Waals surface area contributed by atoms with E-state index in [-0.39, 0.29) is 5.91 Å². The second-order valence-electron chi connectivity index (χ2n) is 4.84. The van der Waals surface area contributed by atoms with E-state index < -0.39 is 0 Å². The summed E-state index contributed by atoms with van der Waals surface area (Å²) in [6.07, 6.45) is 6.27. The molecular formula is C14H22IN3O. The van der Waals surface area contributed by atoms with Crippen molar-refractivity contribution >= 4 is 28.5 Å². The van der Waals surface area contributed by atoms with Crippen molar-refractivity contribution in [2.75, 3.05) is 27.2 Å². The number of nitrogens with zero attached hydrogens (tertiary/aromatic N) is 2. The third-order valence-corrected chi connectivity index (χ3v) is 3.45. The van der Waals surface area contributed by atoms with Crippen molar-refractivity contribution in [3.8, 4) is 0 Å². The highest BCUT2D eigenvalue weighted by molar-refractivity contribution is 14.1. The second kappa shape index (κ2) is 9.25. The molecule has 1 heterocycles. The minimum Gasteiger partial charge on any atom is -0.352 e. The number of hydrogen-bond acceptors (Lipinski definition) is 3. The Morgan fingerprint density at radius 2 is 2.00 bits per heavy atom. The molecule has 0 spiro atoms. The van der Waals surface area contributed by atoms with Crippen LogP contribution in [0, 0.1) is 3.70 Å². The Labute approximate surface area is 129 Å². The molecule has 0 unspecified atom stereocenters. The summed E-state index contributed by atoms with van der Waals surface area (Å²) in [5.74, 6) is -0.0304. The number of amides is 1. The Morgan fingerprint density at radius 3 is 2.63 bits per heavy atom. The fourth-order valence-corrected chi connectivity index (χ4v) is 2.04. The van der Waals surface area contributed by atoms with Crippen molar-refractivity contribution in [2.45, 2.75) is 25.7 Å². The van der Waals surface area contributed by atoms with Crippen LogP contribution in [0.1, 0.15) is 36.0 Å². The summed E-state index contributed by atoms with van der Waals surface area (Å²) in [6.45, 7) is 1.88. The van der Waals surface area contributed by atoms with E-state index >= 15 is 0 Å². The second-order valence-corrected chi connectivity index (χ2v) is 5.95. The van der Waals surface area contributed by atoms with Crippen molar-refractivity contribution in [2.24, 2.45) is 0 Å². The van der Waals surface area contributed by atoms with Crippen LogP contribution in [-0.2, 0) is 0 Å². The predicted octanol–water partition coefficient (Wildman–Crippen LogP) is 2.54. The summed E-state index contributed by atoms with van der Waals surface area (Å²) in [5.41, 5.74) is 0.632. The maximum absolute atomic E-state index is 11.8. The van der Waals surface area contributed by atoms with Crippen molar-refractivity contribution in [1.29, 1.82) is 0 Å². The van der Waals surface area contributed by atoms with Crippen LogP contribution in [-0.4, -0.2) is 43.0 Å². The molecule has 4 nitrogen and oxygen atoms in total. The average Bonchev–Trinajstić information content (AvgIpc) is 2.38. The zero-order valence-corrected chi connectivity index (χ0v) is 13.8. The van der Waals surface area contributed by atoms with Gasteiger partial charge in [0, 0.05) is 12.7 Å². The van der Waals surface area contributed by atoms with Crippen LogP contribution in [0.4, 0.5) is 0 Å². The Bertz CT molecular complexity index is 379. The first kappa shape index (κ1) is 16.4. The van der Waals surface area contributed by atoms with Gasteiger partial charge in [-0.3, -0.25) is 4.79 Å². The lowest BCUT2D eigenvalue weighted by Crippen LogP contribution is -2.24. The molecule has 0 fully saturated rings. The van der Waals surface area contributed by atoms with Crippen LogP contribution >= 0.6 is 22.6 Å². The number of aromatic nitrogens is 1. The summed E-state index contributed by atoms with van der Waals surface area (Å²) in [6, 6.07) is 3.65. The topological polar surface area (TPSA) is 45.2 Å².